The van der Waals surface area contributed by atoms with E-state index in [1.807, 2.05) is 0 Å². The Morgan fingerprint density at radius 3 is 2.53 bits per heavy atom. The Labute approximate surface area is 92.0 Å². The van der Waals surface area contributed by atoms with Crippen molar-refractivity contribution in [2.24, 2.45) is 0 Å². The summed E-state index contributed by atoms with van der Waals surface area (Å²) < 4.78 is 4.77. The Bertz CT molecular complexity index is 404. The second-order valence-corrected chi connectivity index (χ2v) is 3.10. The zero-order valence-corrected chi connectivity index (χ0v) is 8.88. The van der Waals surface area contributed by atoms with Crippen LogP contribution in [0.5, 0.6) is 0 Å². The molecule has 0 aliphatic carbocycles. The van der Waals surface area contributed by atoms with Gasteiger partial charge >= 0.3 is 5.97 Å². The molecule has 0 saturated carbocycles. The number of carbonyl (C=O) groups excluding carboxylic acids is 2. The van der Waals surface area contributed by atoms with Gasteiger partial charge in [-0.3, -0.25) is 4.79 Å². The van der Waals surface area contributed by atoms with E-state index in [-0.39, 0.29) is 23.4 Å². The lowest BCUT2D eigenvalue weighted by Crippen LogP contribution is -2.10. The van der Waals surface area contributed by atoms with Crippen molar-refractivity contribution in [1.29, 1.82) is 0 Å². The topological polar surface area (TPSA) is 69.4 Å². The van der Waals surface area contributed by atoms with Gasteiger partial charge in [0.25, 0.3) is 5.24 Å². The molecule has 0 fully saturated rings. The number of halogens is 1. The fourth-order valence-electron chi connectivity index (χ4n) is 1.12. The Balaban J connectivity index is 3.15. The summed E-state index contributed by atoms with van der Waals surface area (Å²) in [6, 6.07) is 4.46. The molecule has 0 spiro atoms. The molecule has 2 N–H and O–H groups in total. The molecule has 1 aromatic rings. The van der Waals surface area contributed by atoms with Gasteiger partial charge in [-0.25, -0.2) is 4.79 Å². The third-order valence-corrected chi connectivity index (χ3v) is 2.02. The standard InChI is InChI=1S/C10H10ClNO3/c1-2-15-10(14)7-5-3-4-6(8(7)12)9(11)13/h3-5H,2,12H2,1H3. The third kappa shape index (κ3) is 2.47. The molecule has 0 aromatic heterocycles. The molecule has 80 valence electrons. The number of anilines is 1. The van der Waals surface area contributed by atoms with Gasteiger partial charge in [-0.1, -0.05) is 6.07 Å². The van der Waals surface area contributed by atoms with Crippen LogP contribution in [-0.2, 0) is 4.74 Å². The van der Waals surface area contributed by atoms with E-state index in [2.05, 4.69) is 0 Å². The molecule has 0 aliphatic heterocycles. The van der Waals surface area contributed by atoms with E-state index in [1.165, 1.54) is 18.2 Å². The zero-order valence-electron chi connectivity index (χ0n) is 8.12. The largest absolute Gasteiger partial charge is 0.462 e. The van der Waals surface area contributed by atoms with Crippen molar-refractivity contribution in [3.8, 4) is 0 Å². The molecular weight excluding hydrogens is 218 g/mol. The van der Waals surface area contributed by atoms with Crippen LogP contribution in [0, 0.1) is 0 Å². The number of benzene rings is 1. The second-order valence-electron chi connectivity index (χ2n) is 2.76. The van der Waals surface area contributed by atoms with E-state index in [4.69, 9.17) is 22.1 Å². The van der Waals surface area contributed by atoms with Crippen molar-refractivity contribution in [2.75, 3.05) is 12.3 Å². The van der Waals surface area contributed by atoms with E-state index >= 15 is 0 Å². The molecule has 0 saturated heterocycles. The van der Waals surface area contributed by atoms with Gasteiger partial charge in [0.05, 0.1) is 23.4 Å². The molecule has 1 rings (SSSR count). The van der Waals surface area contributed by atoms with Crippen molar-refractivity contribution >= 4 is 28.5 Å². The molecule has 0 amide bonds. The first-order chi connectivity index (χ1) is 7.07. The van der Waals surface area contributed by atoms with Crippen LogP contribution in [0.1, 0.15) is 27.6 Å². The lowest BCUT2D eigenvalue weighted by Gasteiger charge is -2.07. The first kappa shape index (κ1) is 11.5. The van der Waals surface area contributed by atoms with Gasteiger partial charge in [-0.15, -0.1) is 0 Å². The molecule has 1 aromatic carbocycles. The fraction of sp³-hybridized carbons (Fsp3) is 0.200. The van der Waals surface area contributed by atoms with Gasteiger partial charge < -0.3 is 10.5 Å². The molecule has 4 nitrogen and oxygen atoms in total. The van der Waals surface area contributed by atoms with Crippen molar-refractivity contribution < 1.29 is 14.3 Å². The highest BCUT2D eigenvalue weighted by Crippen LogP contribution is 2.20. The van der Waals surface area contributed by atoms with Crippen LogP contribution in [0.15, 0.2) is 18.2 Å². The minimum atomic E-state index is -0.696. The molecular formula is C10H10ClNO3. The predicted molar refractivity (Wildman–Crippen MR) is 57.0 cm³/mol. The number of hydrogen-bond donors (Lipinski definition) is 1. The van der Waals surface area contributed by atoms with Gasteiger partial charge in [0.15, 0.2) is 0 Å². The molecule has 0 heterocycles. The van der Waals surface area contributed by atoms with Crippen molar-refractivity contribution in [1.82, 2.24) is 0 Å². The van der Waals surface area contributed by atoms with E-state index in [0.29, 0.717) is 0 Å². The fourth-order valence-corrected chi connectivity index (χ4v) is 1.29. The average Bonchev–Trinajstić information content (AvgIpc) is 2.17. The second kappa shape index (κ2) is 4.79. The Hall–Kier alpha value is -1.55. The SMILES string of the molecule is CCOC(=O)c1cccc(C(=O)Cl)c1N. The minimum absolute atomic E-state index is 0.0518. The van der Waals surface area contributed by atoms with Gasteiger partial charge in [0.1, 0.15) is 0 Å². The monoisotopic (exact) mass is 227 g/mol. The van der Waals surface area contributed by atoms with Crippen LogP contribution in [0.25, 0.3) is 0 Å². The molecule has 0 atom stereocenters. The Morgan fingerprint density at radius 2 is 2.00 bits per heavy atom. The number of carbonyl (C=O) groups is 2. The maximum absolute atomic E-state index is 11.4. The van der Waals surface area contributed by atoms with Crippen LogP contribution < -0.4 is 5.73 Å². The first-order valence-electron chi connectivity index (χ1n) is 4.33. The van der Waals surface area contributed by atoms with Crippen LogP contribution in [-0.4, -0.2) is 17.8 Å². The molecule has 0 unspecified atom stereocenters. The predicted octanol–water partition coefficient (Wildman–Crippen LogP) is 1.82. The summed E-state index contributed by atoms with van der Waals surface area (Å²) in [5.74, 6) is -0.560. The summed E-state index contributed by atoms with van der Waals surface area (Å²) in [6.45, 7) is 1.93. The molecule has 0 bridgehead atoms. The summed E-state index contributed by atoms with van der Waals surface area (Å²) in [6.07, 6.45) is 0. The lowest BCUT2D eigenvalue weighted by atomic mass is 10.1. The van der Waals surface area contributed by atoms with Crippen LogP contribution >= 0.6 is 11.6 Å². The summed E-state index contributed by atoms with van der Waals surface area (Å²) >= 11 is 5.29. The highest BCUT2D eigenvalue weighted by molar-refractivity contribution is 6.68. The van der Waals surface area contributed by atoms with Crippen LogP contribution in [0.3, 0.4) is 0 Å². The Morgan fingerprint density at radius 1 is 1.40 bits per heavy atom. The molecule has 0 aliphatic rings. The minimum Gasteiger partial charge on any atom is -0.462 e. The van der Waals surface area contributed by atoms with Gasteiger partial charge in [-0.05, 0) is 30.7 Å². The van der Waals surface area contributed by atoms with Crippen molar-refractivity contribution in [3.63, 3.8) is 0 Å². The highest BCUT2D eigenvalue weighted by atomic mass is 35.5. The number of hydrogen-bond acceptors (Lipinski definition) is 4. The molecule has 0 radical (unpaired) electrons. The summed E-state index contributed by atoms with van der Waals surface area (Å²) in [7, 11) is 0. The average molecular weight is 228 g/mol. The lowest BCUT2D eigenvalue weighted by molar-refractivity contribution is 0.0527. The van der Waals surface area contributed by atoms with E-state index in [0.717, 1.165) is 0 Å². The smallest absolute Gasteiger partial charge is 0.340 e. The summed E-state index contributed by atoms with van der Waals surface area (Å²) in [4.78, 5) is 22.3. The Kier molecular flexibility index (Phi) is 3.68. The maximum atomic E-state index is 11.4. The van der Waals surface area contributed by atoms with Gasteiger partial charge in [0.2, 0.25) is 0 Å². The number of para-hydroxylation sites is 1. The van der Waals surface area contributed by atoms with Crippen LogP contribution in [0.4, 0.5) is 5.69 Å². The quantitative estimate of drug-likeness (QED) is 0.486. The number of esters is 1. The number of rotatable bonds is 3. The number of ether oxygens (including phenoxy) is 1. The van der Waals surface area contributed by atoms with Crippen molar-refractivity contribution in [3.05, 3.63) is 29.3 Å². The van der Waals surface area contributed by atoms with Crippen LogP contribution in [0.2, 0.25) is 0 Å². The van der Waals surface area contributed by atoms with Gasteiger partial charge in [-0.2, -0.15) is 0 Å². The van der Waals surface area contributed by atoms with E-state index in [9.17, 15) is 9.59 Å². The summed E-state index contributed by atoms with van der Waals surface area (Å²) in [5.41, 5.74) is 5.93. The van der Waals surface area contributed by atoms with E-state index in [1.54, 1.807) is 6.92 Å². The molecule has 15 heavy (non-hydrogen) atoms. The van der Waals surface area contributed by atoms with Crippen molar-refractivity contribution in [2.45, 2.75) is 6.92 Å². The zero-order chi connectivity index (χ0) is 11.4. The van der Waals surface area contributed by atoms with E-state index < -0.39 is 11.2 Å². The normalized spacial score (nSPS) is 9.73. The highest BCUT2D eigenvalue weighted by Gasteiger charge is 2.15. The summed E-state index contributed by atoms with van der Waals surface area (Å²) in [5, 5.41) is -0.696. The number of nitrogens with two attached hydrogens (primary N) is 1. The number of nitrogen functional groups attached to an aromatic ring is 1. The molecule has 5 heteroatoms. The third-order valence-electron chi connectivity index (χ3n) is 1.81. The first-order valence-corrected chi connectivity index (χ1v) is 4.71. The van der Waals surface area contributed by atoms with Gasteiger partial charge in [0, 0.05) is 0 Å². The maximum Gasteiger partial charge on any atom is 0.340 e.